The van der Waals surface area contributed by atoms with Crippen LogP contribution in [-0.4, -0.2) is 29.7 Å². The smallest absolute Gasteiger partial charge is 0.155 e. The Bertz CT molecular complexity index is 845. The molecule has 0 bridgehead atoms. The van der Waals surface area contributed by atoms with Gasteiger partial charge in [0.2, 0.25) is 0 Å². The lowest BCUT2D eigenvalue weighted by atomic mass is 10.00. The van der Waals surface area contributed by atoms with Crippen LogP contribution >= 0.6 is 11.3 Å². The van der Waals surface area contributed by atoms with Gasteiger partial charge in [-0.05, 0) is 57.7 Å². The standard InChI is InChI=1S/C19H27NO3S2/c1-14-15(9-10-17-18(14)24-13-20-17)12-16(21)8-6-5-7-11-25(22,23)19(2,3)4/h9-10,13H,5-8,11-12H2,1-4H3. The van der Waals surface area contributed by atoms with Crippen molar-refractivity contribution in [2.45, 2.75) is 64.5 Å². The second kappa shape index (κ2) is 7.96. The fourth-order valence-electron chi connectivity index (χ4n) is 2.69. The molecule has 2 rings (SSSR count). The summed E-state index contributed by atoms with van der Waals surface area (Å²) in [5.74, 6) is 0.414. The fourth-order valence-corrected chi connectivity index (χ4v) is 4.71. The van der Waals surface area contributed by atoms with Gasteiger partial charge in [-0.3, -0.25) is 4.79 Å². The minimum absolute atomic E-state index is 0.200. The predicted molar refractivity (Wildman–Crippen MR) is 105 cm³/mol. The molecule has 0 aliphatic heterocycles. The number of Topliss-reactive ketones (excluding diaryl/α,β-unsaturated/α-hetero) is 1. The first-order chi connectivity index (χ1) is 11.6. The SMILES string of the molecule is Cc1c(CC(=O)CCCCCS(=O)(=O)C(C)(C)C)ccc2ncsc12. The first kappa shape index (κ1) is 20.0. The van der Waals surface area contributed by atoms with E-state index in [0.717, 1.165) is 34.2 Å². The van der Waals surface area contributed by atoms with E-state index in [1.165, 1.54) is 0 Å². The lowest BCUT2D eigenvalue weighted by molar-refractivity contribution is -0.118. The van der Waals surface area contributed by atoms with Crippen LogP contribution in [0.3, 0.4) is 0 Å². The molecule has 0 atom stereocenters. The van der Waals surface area contributed by atoms with Gasteiger partial charge in [0, 0.05) is 12.8 Å². The van der Waals surface area contributed by atoms with Gasteiger partial charge in [0.15, 0.2) is 9.84 Å². The average Bonchev–Trinajstić information content (AvgIpc) is 2.98. The molecule has 0 fully saturated rings. The number of nitrogens with zero attached hydrogens (tertiary/aromatic N) is 1. The van der Waals surface area contributed by atoms with Crippen LogP contribution in [0.1, 0.15) is 57.6 Å². The van der Waals surface area contributed by atoms with Crippen molar-refractivity contribution in [3.05, 3.63) is 28.8 Å². The van der Waals surface area contributed by atoms with E-state index in [0.29, 0.717) is 19.3 Å². The summed E-state index contributed by atoms with van der Waals surface area (Å²) in [4.78, 5) is 16.5. The van der Waals surface area contributed by atoms with Crippen LogP contribution in [0.5, 0.6) is 0 Å². The maximum Gasteiger partial charge on any atom is 0.155 e. The Kier molecular flexibility index (Phi) is 6.38. The Morgan fingerprint density at radius 3 is 2.56 bits per heavy atom. The van der Waals surface area contributed by atoms with E-state index >= 15 is 0 Å². The van der Waals surface area contributed by atoms with Gasteiger partial charge in [-0.25, -0.2) is 13.4 Å². The normalized spacial score (nSPS) is 12.6. The topological polar surface area (TPSA) is 64.1 Å². The summed E-state index contributed by atoms with van der Waals surface area (Å²) in [6, 6.07) is 3.96. The summed E-state index contributed by atoms with van der Waals surface area (Å²) in [5, 5.41) is 0. The van der Waals surface area contributed by atoms with Crippen molar-refractivity contribution in [1.29, 1.82) is 0 Å². The molecule has 0 radical (unpaired) electrons. The summed E-state index contributed by atoms with van der Waals surface area (Å²) in [6.45, 7) is 7.23. The summed E-state index contributed by atoms with van der Waals surface area (Å²) < 4.78 is 24.5. The number of carbonyl (C=O) groups is 1. The Morgan fingerprint density at radius 2 is 1.88 bits per heavy atom. The first-order valence-electron chi connectivity index (χ1n) is 8.67. The third-order valence-corrected chi connectivity index (χ3v) is 8.20. The van der Waals surface area contributed by atoms with Crippen LogP contribution in [0.2, 0.25) is 0 Å². The molecule has 0 amide bonds. The Balaban J connectivity index is 1.78. The van der Waals surface area contributed by atoms with Gasteiger partial charge in [0.05, 0.1) is 26.2 Å². The number of aryl methyl sites for hydroxylation is 1. The van der Waals surface area contributed by atoms with Crippen molar-refractivity contribution in [2.75, 3.05) is 5.75 Å². The van der Waals surface area contributed by atoms with Crippen LogP contribution in [0.4, 0.5) is 0 Å². The molecule has 25 heavy (non-hydrogen) atoms. The Labute approximate surface area is 154 Å². The van der Waals surface area contributed by atoms with Crippen LogP contribution in [0, 0.1) is 6.92 Å². The van der Waals surface area contributed by atoms with E-state index in [4.69, 9.17) is 0 Å². The molecule has 0 saturated heterocycles. The number of unbranched alkanes of at least 4 members (excludes halogenated alkanes) is 2. The Morgan fingerprint density at radius 1 is 1.16 bits per heavy atom. The van der Waals surface area contributed by atoms with E-state index in [-0.39, 0.29) is 11.5 Å². The second-order valence-corrected chi connectivity index (χ2v) is 11.2. The van der Waals surface area contributed by atoms with Gasteiger partial charge >= 0.3 is 0 Å². The molecule has 1 aromatic heterocycles. The number of fused-ring (bicyclic) bond motifs is 1. The van der Waals surface area contributed by atoms with Gasteiger partial charge in [-0.15, -0.1) is 11.3 Å². The number of sulfone groups is 1. The summed E-state index contributed by atoms with van der Waals surface area (Å²) in [6.07, 6.45) is 3.10. The van der Waals surface area contributed by atoms with Crippen LogP contribution < -0.4 is 0 Å². The molecule has 1 heterocycles. The number of thiazole rings is 1. The highest BCUT2D eigenvalue weighted by Gasteiger charge is 2.27. The van der Waals surface area contributed by atoms with Gasteiger partial charge in [0.1, 0.15) is 5.78 Å². The van der Waals surface area contributed by atoms with Gasteiger partial charge < -0.3 is 0 Å². The largest absolute Gasteiger partial charge is 0.299 e. The number of rotatable bonds is 8. The maximum atomic E-state index is 12.2. The van der Waals surface area contributed by atoms with E-state index in [2.05, 4.69) is 4.98 Å². The number of ketones is 1. The molecule has 0 spiro atoms. The lowest BCUT2D eigenvalue weighted by Gasteiger charge is -2.18. The van der Waals surface area contributed by atoms with Crippen LogP contribution in [-0.2, 0) is 21.1 Å². The molecule has 0 saturated carbocycles. The summed E-state index contributed by atoms with van der Waals surface area (Å²) in [5.41, 5.74) is 5.02. The molecule has 6 heteroatoms. The molecule has 0 N–H and O–H groups in total. The van der Waals surface area contributed by atoms with E-state index in [1.807, 2.05) is 24.6 Å². The molecule has 138 valence electrons. The number of hydrogen-bond acceptors (Lipinski definition) is 5. The first-order valence-corrected chi connectivity index (χ1v) is 11.2. The second-order valence-electron chi connectivity index (χ2n) is 7.51. The van der Waals surface area contributed by atoms with Crippen molar-refractivity contribution in [3.8, 4) is 0 Å². The minimum Gasteiger partial charge on any atom is -0.299 e. The van der Waals surface area contributed by atoms with Crippen molar-refractivity contribution in [3.63, 3.8) is 0 Å². The predicted octanol–water partition coefficient (Wildman–Crippen LogP) is 4.49. The van der Waals surface area contributed by atoms with E-state index in [1.54, 1.807) is 32.1 Å². The molecule has 1 aromatic carbocycles. The highest BCUT2D eigenvalue weighted by atomic mass is 32.2. The molecule has 0 aliphatic rings. The molecular formula is C19H27NO3S2. The zero-order valence-corrected chi connectivity index (χ0v) is 17.1. The minimum atomic E-state index is -3.06. The van der Waals surface area contributed by atoms with E-state index < -0.39 is 14.6 Å². The maximum absolute atomic E-state index is 12.2. The molecular weight excluding hydrogens is 354 g/mol. The van der Waals surface area contributed by atoms with Gasteiger partial charge in [-0.2, -0.15) is 0 Å². The lowest BCUT2D eigenvalue weighted by Crippen LogP contribution is -2.30. The summed E-state index contributed by atoms with van der Waals surface area (Å²) in [7, 11) is -3.06. The Hall–Kier alpha value is -1.27. The number of benzene rings is 1. The van der Waals surface area contributed by atoms with Crippen LogP contribution in [0.15, 0.2) is 17.6 Å². The van der Waals surface area contributed by atoms with Gasteiger partial charge in [-0.1, -0.05) is 12.5 Å². The monoisotopic (exact) mass is 381 g/mol. The molecule has 0 aliphatic carbocycles. The number of hydrogen-bond donors (Lipinski definition) is 0. The average molecular weight is 382 g/mol. The van der Waals surface area contributed by atoms with Crippen molar-refractivity contribution in [2.24, 2.45) is 0 Å². The fraction of sp³-hybridized carbons (Fsp3) is 0.579. The quantitative estimate of drug-likeness (QED) is 0.632. The third kappa shape index (κ3) is 5.11. The van der Waals surface area contributed by atoms with Crippen molar-refractivity contribution < 1.29 is 13.2 Å². The molecule has 2 aromatic rings. The molecule has 4 nitrogen and oxygen atoms in total. The number of aromatic nitrogens is 1. The summed E-state index contributed by atoms with van der Waals surface area (Å²) >= 11 is 1.60. The third-order valence-electron chi connectivity index (χ3n) is 4.55. The number of carbonyl (C=O) groups excluding carboxylic acids is 1. The zero-order chi connectivity index (χ0) is 18.7. The van der Waals surface area contributed by atoms with Crippen molar-refractivity contribution >= 4 is 37.2 Å². The molecule has 0 unspecified atom stereocenters. The van der Waals surface area contributed by atoms with Gasteiger partial charge in [0.25, 0.3) is 0 Å². The highest BCUT2D eigenvalue weighted by molar-refractivity contribution is 7.92. The highest BCUT2D eigenvalue weighted by Crippen LogP contribution is 2.25. The van der Waals surface area contributed by atoms with Crippen molar-refractivity contribution in [1.82, 2.24) is 4.98 Å². The van der Waals surface area contributed by atoms with Crippen LogP contribution in [0.25, 0.3) is 10.2 Å². The zero-order valence-electron chi connectivity index (χ0n) is 15.5. The van der Waals surface area contributed by atoms with E-state index in [9.17, 15) is 13.2 Å².